The summed E-state index contributed by atoms with van der Waals surface area (Å²) in [5.74, 6) is -0.0497. The van der Waals surface area contributed by atoms with Crippen molar-refractivity contribution in [1.82, 2.24) is 31.0 Å². The minimum absolute atomic E-state index is 0.204. The predicted octanol–water partition coefficient (Wildman–Crippen LogP) is 5.60. The Morgan fingerprint density at radius 3 is 2.17 bits per heavy atom. The summed E-state index contributed by atoms with van der Waals surface area (Å²) in [6, 6.07) is 23.2. The lowest BCUT2D eigenvalue weighted by molar-refractivity contribution is -0.179. The van der Waals surface area contributed by atoms with Gasteiger partial charge < -0.3 is 29.7 Å². The summed E-state index contributed by atoms with van der Waals surface area (Å²) in [7, 11) is 1.58. The third-order valence-corrected chi connectivity index (χ3v) is 8.35. The van der Waals surface area contributed by atoms with Crippen LogP contribution in [0.1, 0.15) is 58.2 Å². The summed E-state index contributed by atoms with van der Waals surface area (Å²) in [6.45, 7) is 12.7. The van der Waals surface area contributed by atoms with E-state index in [0.717, 1.165) is 27.5 Å². The van der Waals surface area contributed by atoms with Crippen LogP contribution in [0.5, 0.6) is 5.75 Å². The van der Waals surface area contributed by atoms with Crippen LogP contribution in [0.2, 0.25) is 0 Å². The number of nitrogens with zero attached hydrogens (tertiary/aromatic N) is 3. The van der Waals surface area contributed by atoms with Crippen molar-refractivity contribution in [2.24, 2.45) is 0 Å². The highest BCUT2D eigenvalue weighted by Gasteiger charge is 2.34. The summed E-state index contributed by atoms with van der Waals surface area (Å²) >= 11 is 0. The maximum atomic E-state index is 14.9. The molecule has 1 heterocycles. The van der Waals surface area contributed by atoms with Gasteiger partial charge in [-0.15, -0.1) is 0 Å². The van der Waals surface area contributed by atoms with Crippen molar-refractivity contribution in [1.29, 1.82) is 0 Å². The molecule has 0 spiro atoms. The molecule has 0 aliphatic heterocycles. The maximum absolute atomic E-state index is 14.9. The molecule has 3 aromatic carbocycles. The molecule has 4 rings (SSSR count). The molecule has 53 heavy (non-hydrogen) atoms. The van der Waals surface area contributed by atoms with E-state index in [4.69, 9.17) is 14.2 Å². The zero-order valence-electron chi connectivity index (χ0n) is 31.9. The van der Waals surface area contributed by atoms with Crippen molar-refractivity contribution in [3.63, 3.8) is 0 Å². The third-order valence-electron chi connectivity index (χ3n) is 8.35. The zero-order valence-corrected chi connectivity index (χ0v) is 31.9. The van der Waals surface area contributed by atoms with Crippen LogP contribution >= 0.6 is 0 Å². The molecule has 2 atom stereocenters. The number of rotatable bonds is 18. The molecular weight excluding hydrogens is 672 g/mol. The van der Waals surface area contributed by atoms with Gasteiger partial charge in [0.25, 0.3) is 0 Å². The lowest BCUT2D eigenvalue weighted by Gasteiger charge is -2.37. The number of hydrazine groups is 1. The van der Waals surface area contributed by atoms with Gasteiger partial charge in [-0.2, -0.15) is 0 Å². The van der Waals surface area contributed by atoms with E-state index in [1.807, 2.05) is 108 Å². The van der Waals surface area contributed by atoms with E-state index in [1.54, 1.807) is 36.5 Å². The number of urea groups is 1. The molecule has 4 amide bonds. The second-order valence-corrected chi connectivity index (χ2v) is 13.8. The van der Waals surface area contributed by atoms with Crippen LogP contribution in [-0.2, 0) is 38.6 Å². The minimum atomic E-state index is -0.966. The number of carbonyl (C=O) groups excluding carboxylic acids is 3. The monoisotopic (exact) mass is 726 g/mol. The Morgan fingerprint density at radius 2 is 1.51 bits per heavy atom. The van der Waals surface area contributed by atoms with Gasteiger partial charge in [-0.3, -0.25) is 20.0 Å². The first-order chi connectivity index (χ1) is 25.4. The fourth-order valence-electron chi connectivity index (χ4n) is 5.91. The van der Waals surface area contributed by atoms with E-state index in [-0.39, 0.29) is 31.0 Å². The molecule has 3 N–H and O–H groups in total. The topological polar surface area (TPSA) is 134 Å². The number of nitrogens with one attached hydrogen (secondary N) is 3. The smallest absolute Gasteiger partial charge is 0.329 e. The second kappa shape index (κ2) is 19.7. The molecule has 12 heteroatoms. The number of ether oxygens (including phenoxy) is 3. The van der Waals surface area contributed by atoms with Gasteiger partial charge in [0, 0.05) is 52.2 Å². The van der Waals surface area contributed by atoms with Gasteiger partial charge in [0.2, 0.25) is 11.8 Å². The van der Waals surface area contributed by atoms with Crippen LogP contribution in [0.15, 0.2) is 91.3 Å². The van der Waals surface area contributed by atoms with Gasteiger partial charge in [-0.25, -0.2) is 9.80 Å². The first kappa shape index (κ1) is 40.7. The Morgan fingerprint density at radius 1 is 0.849 bits per heavy atom. The van der Waals surface area contributed by atoms with E-state index in [0.29, 0.717) is 25.5 Å². The summed E-state index contributed by atoms with van der Waals surface area (Å²) in [6.07, 6.45) is 2.80. The third kappa shape index (κ3) is 12.8. The van der Waals surface area contributed by atoms with Gasteiger partial charge in [0.1, 0.15) is 17.4 Å². The van der Waals surface area contributed by atoms with Crippen LogP contribution in [0, 0.1) is 0 Å². The molecular formula is C41H54N6O6. The molecule has 12 nitrogen and oxygen atoms in total. The average molecular weight is 727 g/mol. The molecule has 0 unspecified atom stereocenters. The molecule has 0 fully saturated rings. The Kier molecular flexibility index (Phi) is 15.1. The Labute approximate surface area is 313 Å². The van der Waals surface area contributed by atoms with Gasteiger partial charge in [0.15, 0.2) is 6.29 Å². The minimum Gasteiger partial charge on any atom is -0.488 e. The Balaban J connectivity index is 1.60. The van der Waals surface area contributed by atoms with Crippen LogP contribution in [0.3, 0.4) is 0 Å². The molecule has 1 aromatic heterocycles. The van der Waals surface area contributed by atoms with Gasteiger partial charge >= 0.3 is 6.03 Å². The fraction of sp³-hybridized carbons (Fsp3) is 0.415. The molecule has 284 valence electrons. The molecule has 0 saturated heterocycles. The van der Waals surface area contributed by atoms with E-state index in [9.17, 15) is 14.4 Å². The van der Waals surface area contributed by atoms with Gasteiger partial charge in [-0.1, -0.05) is 54.6 Å². The number of carbonyl (C=O) groups is 3. The Hall–Kier alpha value is -5.04. The molecule has 0 aliphatic carbocycles. The zero-order chi connectivity index (χ0) is 38.4. The lowest BCUT2D eigenvalue weighted by atomic mass is 10.0. The van der Waals surface area contributed by atoms with Crippen LogP contribution < -0.4 is 20.8 Å². The molecule has 0 bridgehead atoms. The first-order valence-corrected chi connectivity index (χ1v) is 18.1. The number of aromatic nitrogens is 1. The quantitative estimate of drug-likeness (QED) is 0.0892. The molecule has 0 saturated carbocycles. The van der Waals surface area contributed by atoms with Crippen LogP contribution in [0.25, 0.3) is 10.8 Å². The van der Waals surface area contributed by atoms with Crippen molar-refractivity contribution in [2.45, 2.75) is 85.0 Å². The molecule has 0 aliphatic rings. The normalized spacial score (nSPS) is 12.7. The van der Waals surface area contributed by atoms with Crippen molar-refractivity contribution in [2.75, 3.05) is 26.8 Å². The fourth-order valence-corrected chi connectivity index (χ4v) is 5.91. The van der Waals surface area contributed by atoms with Crippen molar-refractivity contribution >= 4 is 28.6 Å². The summed E-state index contributed by atoms with van der Waals surface area (Å²) in [5.41, 5.74) is 4.94. The number of likely N-dealkylation sites (N-methyl/N-ethyl adjacent to an activating group) is 1. The van der Waals surface area contributed by atoms with Crippen molar-refractivity contribution in [3.05, 3.63) is 108 Å². The van der Waals surface area contributed by atoms with Crippen LogP contribution in [0.4, 0.5) is 4.79 Å². The van der Waals surface area contributed by atoms with E-state index < -0.39 is 30.3 Å². The Bertz CT molecular complexity index is 1750. The summed E-state index contributed by atoms with van der Waals surface area (Å²) in [5, 5.41) is 9.19. The average Bonchev–Trinajstić information content (AvgIpc) is 3.12. The van der Waals surface area contributed by atoms with Crippen molar-refractivity contribution in [3.8, 4) is 5.75 Å². The molecule has 4 aromatic rings. The van der Waals surface area contributed by atoms with Gasteiger partial charge in [0.05, 0.1) is 12.6 Å². The highest BCUT2D eigenvalue weighted by molar-refractivity contribution is 5.90. The number of hydrogen-bond donors (Lipinski definition) is 3. The predicted molar refractivity (Wildman–Crippen MR) is 206 cm³/mol. The highest BCUT2D eigenvalue weighted by Crippen LogP contribution is 2.24. The maximum Gasteiger partial charge on any atom is 0.329 e. The number of pyridine rings is 1. The van der Waals surface area contributed by atoms with E-state index in [2.05, 4.69) is 21.0 Å². The SMILES string of the molecule is CCOC(OCC)[C@H](C)N(Cc1cccc2ccccc12)C(=O)[C@H](Cc1ccc(OC(C)(C)C)cc1)NC(=O)CN(C)NC(=O)NCc1ccncc1. The first-order valence-electron chi connectivity index (χ1n) is 18.1. The summed E-state index contributed by atoms with van der Waals surface area (Å²) in [4.78, 5) is 46.8. The summed E-state index contributed by atoms with van der Waals surface area (Å²) < 4.78 is 18.0. The number of amides is 4. The van der Waals surface area contributed by atoms with Crippen molar-refractivity contribution < 1.29 is 28.6 Å². The second-order valence-electron chi connectivity index (χ2n) is 13.8. The molecule has 0 radical (unpaired) electrons. The number of fused-ring (bicyclic) bond motifs is 1. The van der Waals surface area contributed by atoms with E-state index in [1.165, 1.54) is 5.01 Å². The highest BCUT2D eigenvalue weighted by atomic mass is 16.7. The number of hydrogen-bond acceptors (Lipinski definition) is 8. The lowest BCUT2D eigenvalue weighted by Crippen LogP contribution is -2.56. The number of benzene rings is 3. The van der Waals surface area contributed by atoms with Crippen LogP contribution in [-0.4, -0.2) is 83.5 Å². The van der Waals surface area contributed by atoms with E-state index >= 15 is 0 Å². The largest absolute Gasteiger partial charge is 0.488 e. The standard InChI is InChI=1S/C41H54N6O6/c1-8-51-39(52-9-2)29(3)47(27-33-15-12-14-32-13-10-11-16-35(32)33)38(49)36(25-30-17-19-34(20-18-30)53-41(4,5)6)44-37(48)28-46(7)45-40(50)43-26-31-21-23-42-24-22-31/h10-24,29,36,39H,8-9,25-28H2,1-7H3,(H,44,48)(H2,43,45,50)/t29-,36-/m0/s1. The van der Waals surface area contributed by atoms with Gasteiger partial charge in [-0.05, 0) is 93.3 Å².